The van der Waals surface area contributed by atoms with E-state index in [1.807, 2.05) is 0 Å². The van der Waals surface area contributed by atoms with E-state index in [4.69, 9.17) is 4.74 Å². The van der Waals surface area contributed by atoms with Crippen LogP contribution in [0, 0.1) is 5.92 Å². The van der Waals surface area contributed by atoms with Gasteiger partial charge in [-0.15, -0.1) is 0 Å². The number of benzene rings is 1. The molecular weight excluding hydrogens is 234 g/mol. The molecule has 0 spiro atoms. The fraction of sp³-hybridized carbons (Fsp3) is 0.647. The largest absolute Gasteiger partial charge is 0.378 e. The molecule has 1 aromatic carbocycles. The second-order valence-corrected chi connectivity index (χ2v) is 5.54. The van der Waals surface area contributed by atoms with Crippen molar-refractivity contribution < 1.29 is 4.74 Å². The molecule has 0 saturated carbocycles. The minimum atomic E-state index is 0.354. The minimum Gasteiger partial charge on any atom is -0.378 e. The maximum absolute atomic E-state index is 5.76. The average Bonchev–Trinajstić information content (AvgIpc) is 2.86. The smallest absolute Gasteiger partial charge is 0.0594 e. The summed E-state index contributed by atoms with van der Waals surface area (Å²) in [6.45, 7) is 7.57. The van der Waals surface area contributed by atoms with E-state index in [2.05, 4.69) is 51.3 Å². The van der Waals surface area contributed by atoms with Gasteiger partial charge in [0.05, 0.1) is 6.10 Å². The maximum atomic E-state index is 5.76. The van der Waals surface area contributed by atoms with Crippen LogP contribution in [0.5, 0.6) is 0 Å². The standard InChI is InChI=1S/C17H27NO/c1-5-13-7-8-14(6-2)16(11-13)17(18-4)15-9-10-19-12(15)3/h7-8,11-12,15,17-18H,5-6,9-10H2,1-4H3. The summed E-state index contributed by atoms with van der Waals surface area (Å²) in [7, 11) is 2.08. The van der Waals surface area contributed by atoms with Crippen LogP contribution in [0.3, 0.4) is 0 Å². The number of nitrogens with one attached hydrogen (secondary N) is 1. The Kier molecular flexibility index (Phi) is 5.00. The second-order valence-electron chi connectivity index (χ2n) is 5.54. The highest BCUT2D eigenvalue weighted by molar-refractivity contribution is 5.35. The van der Waals surface area contributed by atoms with Crippen molar-refractivity contribution >= 4 is 0 Å². The summed E-state index contributed by atoms with van der Waals surface area (Å²) in [5.74, 6) is 0.586. The third-order valence-corrected chi connectivity index (χ3v) is 4.51. The zero-order chi connectivity index (χ0) is 13.8. The van der Waals surface area contributed by atoms with Crippen molar-refractivity contribution in [2.24, 2.45) is 5.92 Å². The summed E-state index contributed by atoms with van der Waals surface area (Å²) in [5.41, 5.74) is 4.38. The predicted octanol–water partition coefficient (Wildman–Crippen LogP) is 3.50. The number of hydrogen-bond acceptors (Lipinski definition) is 2. The zero-order valence-electron chi connectivity index (χ0n) is 12.7. The fourth-order valence-corrected chi connectivity index (χ4v) is 3.26. The van der Waals surface area contributed by atoms with Gasteiger partial charge in [-0.25, -0.2) is 0 Å². The van der Waals surface area contributed by atoms with E-state index >= 15 is 0 Å². The SMILES string of the molecule is CCc1ccc(CC)c(C(NC)C2CCOC2C)c1. The van der Waals surface area contributed by atoms with Crippen molar-refractivity contribution in [1.29, 1.82) is 0 Å². The van der Waals surface area contributed by atoms with Crippen LogP contribution in [0.4, 0.5) is 0 Å². The molecule has 0 bridgehead atoms. The van der Waals surface area contributed by atoms with Crippen LogP contribution in [0.1, 0.15) is 49.9 Å². The molecule has 2 nitrogen and oxygen atoms in total. The number of ether oxygens (including phenoxy) is 1. The van der Waals surface area contributed by atoms with Gasteiger partial charge in [0.1, 0.15) is 0 Å². The zero-order valence-corrected chi connectivity index (χ0v) is 12.7. The summed E-state index contributed by atoms with van der Waals surface area (Å²) in [6.07, 6.45) is 3.71. The summed E-state index contributed by atoms with van der Waals surface area (Å²) >= 11 is 0. The van der Waals surface area contributed by atoms with E-state index in [1.54, 1.807) is 0 Å². The molecule has 0 aliphatic carbocycles. The van der Waals surface area contributed by atoms with E-state index < -0.39 is 0 Å². The van der Waals surface area contributed by atoms with Crippen LogP contribution in [0.15, 0.2) is 18.2 Å². The number of aryl methyl sites for hydroxylation is 2. The molecule has 1 N–H and O–H groups in total. The van der Waals surface area contributed by atoms with Crippen molar-refractivity contribution in [2.75, 3.05) is 13.7 Å². The van der Waals surface area contributed by atoms with Crippen LogP contribution in [0.2, 0.25) is 0 Å². The molecule has 3 unspecified atom stereocenters. The molecule has 1 aliphatic heterocycles. The topological polar surface area (TPSA) is 21.3 Å². The van der Waals surface area contributed by atoms with Crippen molar-refractivity contribution in [1.82, 2.24) is 5.32 Å². The van der Waals surface area contributed by atoms with Gasteiger partial charge in [-0.2, -0.15) is 0 Å². The van der Waals surface area contributed by atoms with Crippen molar-refractivity contribution in [3.05, 3.63) is 34.9 Å². The van der Waals surface area contributed by atoms with E-state index in [9.17, 15) is 0 Å². The van der Waals surface area contributed by atoms with Gasteiger partial charge >= 0.3 is 0 Å². The second kappa shape index (κ2) is 6.53. The van der Waals surface area contributed by atoms with Gasteiger partial charge in [-0.3, -0.25) is 0 Å². The molecular formula is C17H27NO. The van der Waals surface area contributed by atoms with Crippen molar-refractivity contribution in [2.45, 2.75) is 52.2 Å². The Bertz CT molecular complexity index is 416. The molecule has 1 fully saturated rings. The van der Waals surface area contributed by atoms with Crippen molar-refractivity contribution in [3.63, 3.8) is 0 Å². The third kappa shape index (κ3) is 3.01. The first-order valence-corrected chi connectivity index (χ1v) is 7.61. The Hall–Kier alpha value is -0.860. The van der Waals surface area contributed by atoms with Gasteiger partial charge in [0, 0.05) is 18.6 Å². The van der Waals surface area contributed by atoms with Gasteiger partial charge in [-0.05, 0) is 49.9 Å². The summed E-state index contributed by atoms with van der Waals surface area (Å²) in [4.78, 5) is 0. The minimum absolute atomic E-state index is 0.354. The number of hydrogen-bond donors (Lipinski definition) is 1. The Morgan fingerprint density at radius 3 is 2.63 bits per heavy atom. The lowest BCUT2D eigenvalue weighted by Crippen LogP contribution is -2.30. The molecule has 0 aromatic heterocycles. The van der Waals surface area contributed by atoms with E-state index in [0.29, 0.717) is 18.1 Å². The molecule has 3 atom stereocenters. The molecule has 2 heteroatoms. The lowest BCUT2D eigenvalue weighted by Gasteiger charge is -2.28. The highest BCUT2D eigenvalue weighted by Crippen LogP contribution is 2.35. The van der Waals surface area contributed by atoms with Crippen LogP contribution < -0.4 is 5.32 Å². The van der Waals surface area contributed by atoms with Gasteiger partial charge in [0.2, 0.25) is 0 Å². The summed E-state index contributed by atoms with van der Waals surface area (Å²) in [5, 5.41) is 3.54. The highest BCUT2D eigenvalue weighted by Gasteiger charge is 2.32. The first-order chi connectivity index (χ1) is 9.21. The Morgan fingerprint density at radius 1 is 1.32 bits per heavy atom. The first kappa shape index (κ1) is 14.5. The molecule has 1 heterocycles. The monoisotopic (exact) mass is 261 g/mol. The predicted molar refractivity (Wildman–Crippen MR) is 80.5 cm³/mol. The summed E-state index contributed by atoms with van der Waals surface area (Å²) in [6, 6.07) is 7.38. The van der Waals surface area contributed by atoms with E-state index in [0.717, 1.165) is 25.9 Å². The number of rotatable bonds is 5. The van der Waals surface area contributed by atoms with Crippen LogP contribution in [-0.2, 0) is 17.6 Å². The Balaban J connectivity index is 2.35. The Morgan fingerprint density at radius 2 is 2.11 bits per heavy atom. The van der Waals surface area contributed by atoms with Crippen LogP contribution in [0.25, 0.3) is 0 Å². The lowest BCUT2D eigenvalue weighted by molar-refractivity contribution is 0.0962. The van der Waals surface area contributed by atoms with Gasteiger partial charge in [0.15, 0.2) is 0 Å². The van der Waals surface area contributed by atoms with Gasteiger partial charge < -0.3 is 10.1 Å². The molecule has 2 rings (SSSR count). The molecule has 0 amide bonds. The van der Waals surface area contributed by atoms with E-state index in [-0.39, 0.29) is 0 Å². The molecule has 1 saturated heterocycles. The third-order valence-electron chi connectivity index (χ3n) is 4.51. The van der Waals surface area contributed by atoms with E-state index in [1.165, 1.54) is 16.7 Å². The van der Waals surface area contributed by atoms with Crippen LogP contribution in [-0.4, -0.2) is 19.8 Å². The summed E-state index contributed by atoms with van der Waals surface area (Å²) < 4.78 is 5.76. The average molecular weight is 261 g/mol. The molecule has 19 heavy (non-hydrogen) atoms. The highest BCUT2D eigenvalue weighted by atomic mass is 16.5. The van der Waals surface area contributed by atoms with Crippen molar-refractivity contribution in [3.8, 4) is 0 Å². The lowest BCUT2D eigenvalue weighted by atomic mass is 9.84. The van der Waals surface area contributed by atoms with Crippen LogP contribution >= 0.6 is 0 Å². The fourth-order valence-electron chi connectivity index (χ4n) is 3.26. The molecule has 0 radical (unpaired) electrons. The quantitative estimate of drug-likeness (QED) is 0.876. The maximum Gasteiger partial charge on any atom is 0.0594 e. The Labute approximate surface area is 117 Å². The first-order valence-electron chi connectivity index (χ1n) is 7.61. The van der Waals surface area contributed by atoms with Gasteiger partial charge in [0.25, 0.3) is 0 Å². The molecule has 1 aliphatic rings. The molecule has 106 valence electrons. The van der Waals surface area contributed by atoms with Gasteiger partial charge in [-0.1, -0.05) is 32.0 Å². The normalized spacial score (nSPS) is 24.6. The molecule has 1 aromatic rings.